The highest BCUT2D eigenvalue weighted by atomic mass is 16.2. The molecular weight excluding hydrogens is 250 g/mol. The molecule has 1 aromatic heterocycles. The summed E-state index contributed by atoms with van der Waals surface area (Å²) in [5.74, 6) is 0.0857. The van der Waals surface area contributed by atoms with Crippen LogP contribution in [0.1, 0.15) is 32.7 Å². The van der Waals surface area contributed by atoms with Crippen LogP contribution in [-0.2, 0) is 13.0 Å². The summed E-state index contributed by atoms with van der Waals surface area (Å²) in [4.78, 5) is 22.7. The molecule has 102 valence electrons. The van der Waals surface area contributed by atoms with Gasteiger partial charge in [-0.1, -0.05) is 6.07 Å². The van der Waals surface area contributed by atoms with Gasteiger partial charge in [-0.25, -0.2) is 9.97 Å². The van der Waals surface area contributed by atoms with Crippen molar-refractivity contribution in [3.8, 4) is 0 Å². The molecule has 1 amide bonds. The smallest absolute Gasteiger partial charge is 0.254 e. The van der Waals surface area contributed by atoms with Crippen LogP contribution >= 0.6 is 0 Å². The highest BCUT2D eigenvalue weighted by molar-refractivity contribution is 5.94. The second-order valence-corrected chi connectivity index (χ2v) is 5.27. The monoisotopic (exact) mass is 267 g/mol. The minimum Gasteiger partial charge on any atom is -0.334 e. The Morgan fingerprint density at radius 1 is 1.25 bits per heavy atom. The third kappa shape index (κ3) is 2.29. The van der Waals surface area contributed by atoms with Gasteiger partial charge >= 0.3 is 0 Å². The second kappa shape index (κ2) is 5.04. The van der Waals surface area contributed by atoms with E-state index in [4.69, 9.17) is 0 Å². The summed E-state index contributed by atoms with van der Waals surface area (Å²) in [5.41, 5.74) is 5.23. The van der Waals surface area contributed by atoms with Gasteiger partial charge in [-0.15, -0.1) is 0 Å². The maximum Gasteiger partial charge on any atom is 0.254 e. The van der Waals surface area contributed by atoms with Crippen LogP contribution in [0.3, 0.4) is 0 Å². The predicted molar refractivity (Wildman–Crippen MR) is 76.4 cm³/mol. The van der Waals surface area contributed by atoms with Gasteiger partial charge in [-0.05, 0) is 37.1 Å². The van der Waals surface area contributed by atoms with E-state index in [2.05, 4.69) is 16.9 Å². The number of carbonyl (C=O) groups is 1. The van der Waals surface area contributed by atoms with Crippen LogP contribution in [0.25, 0.3) is 0 Å². The second-order valence-electron chi connectivity index (χ2n) is 5.27. The number of amides is 1. The molecule has 20 heavy (non-hydrogen) atoms. The summed E-state index contributed by atoms with van der Waals surface area (Å²) in [6.07, 6.45) is 4.18. The number of benzene rings is 1. The molecule has 1 aliphatic rings. The zero-order valence-electron chi connectivity index (χ0n) is 11.8. The molecule has 3 rings (SSSR count). The maximum absolute atomic E-state index is 12.6. The Bertz CT molecular complexity index is 667. The summed E-state index contributed by atoms with van der Waals surface area (Å²) in [6.45, 7) is 5.40. The van der Waals surface area contributed by atoms with Crippen LogP contribution in [0.2, 0.25) is 0 Å². The van der Waals surface area contributed by atoms with E-state index < -0.39 is 0 Å². The van der Waals surface area contributed by atoms with Crippen LogP contribution < -0.4 is 0 Å². The molecule has 0 bridgehead atoms. The standard InChI is InChI=1S/C16H17N3O/c1-11-3-4-13(7-12(11)2)16(20)19-6-5-15-14(9-19)8-17-10-18-15/h3-4,7-8,10H,5-6,9H2,1-2H3. The van der Waals surface area contributed by atoms with Crippen molar-refractivity contribution in [1.29, 1.82) is 0 Å². The van der Waals surface area contributed by atoms with E-state index in [1.54, 1.807) is 6.33 Å². The fourth-order valence-corrected chi connectivity index (χ4v) is 2.50. The molecule has 2 heterocycles. The summed E-state index contributed by atoms with van der Waals surface area (Å²) >= 11 is 0. The van der Waals surface area contributed by atoms with Crippen molar-refractivity contribution in [2.24, 2.45) is 0 Å². The van der Waals surface area contributed by atoms with Gasteiger partial charge in [0, 0.05) is 36.8 Å². The van der Waals surface area contributed by atoms with Crippen LogP contribution in [0.15, 0.2) is 30.7 Å². The Morgan fingerprint density at radius 3 is 2.90 bits per heavy atom. The molecule has 1 aliphatic heterocycles. The van der Waals surface area contributed by atoms with Gasteiger partial charge in [0.25, 0.3) is 5.91 Å². The molecule has 4 nitrogen and oxygen atoms in total. The van der Waals surface area contributed by atoms with Crippen LogP contribution in [0, 0.1) is 13.8 Å². The van der Waals surface area contributed by atoms with E-state index in [0.717, 1.165) is 35.3 Å². The topological polar surface area (TPSA) is 46.1 Å². The maximum atomic E-state index is 12.6. The lowest BCUT2D eigenvalue weighted by molar-refractivity contribution is 0.0733. The largest absolute Gasteiger partial charge is 0.334 e. The Balaban J connectivity index is 1.84. The molecule has 0 spiro atoms. The van der Waals surface area contributed by atoms with E-state index in [1.807, 2.05) is 36.2 Å². The highest BCUT2D eigenvalue weighted by Gasteiger charge is 2.22. The van der Waals surface area contributed by atoms with Crippen molar-refractivity contribution < 1.29 is 4.79 Å². The van der Waals surface area contributed by atoms with Gasteiger partial charge < -0.3 is 4.90 Å². The van der Waals surface area contributed by atoms with Crippen molar-refractivity contribution in [2.45, 2.75) is 26.8 Å². The summed E-state index contributed by atoms with van der Waals surface area (Å²) < 4.78 is 0. The van der Waals surface area contributed by atoms with E-state index >= 15 is 0 Å². The van der Waals surface area contributed by atoms with Gasteiger partial charge in [0.1, 0.15) is 6.33 Å². The predicted octanol–water partition coefficient (Wildman–Crippen LogP) is 2.29. The Hall–Kier alpha value is -2.23. The van der Waals surface area contributed by atoms with Crippen molar-refractivity contribution in [3.63, 3.8) is 0 Å². The normalized spacial score (nSPS) is 14.0. The minimum atomic E-state index is 0.0857. The minimum absolute atomic E-state index is 0.0857. The first-order valence-corrected chi connectivity index (χ1v) is 6.79. The third-order valence-electron chi connectivity index (χ3n) is 3.90. The molecule has 0 saturated carbocycles. The molecule has 0 N–H and O–H groups in total. The number of carbonyl (C=O) groups excluding carboxylic acids is 1. The fourth-order valence-electron chi connectivity index (χ4n) is 2.50. The molecule has 0 unspecified atom stereocenters. The summed E-state index contributed by atoms with van der Waals surface area (Å²) in [6, 6.07) is 5.87. The van der Waals surface area contributed by atoms with Gasteiger partial charge in [0.2, 0.25) is 0 Å². The molecular formula is C16H17N3O. The number of nitrogens with zero attached hydrogens (tertiary/aromatic N) is 3. The van der Waals surface area contributed by atoms with Crippen molar-refractivity contribution in [2.75, 3.05) is 6.54 Å². The summed E-state index contributed by atoms with van der Waals surface area (Å²) in [7, 11) is 0. The molecule has 2 aromatic rings. The average Bonchev–Trinajstić information content (AvgIpc) is 2.49. The Kier molecular flexibility index (Phi) is 3.22. The Morgan fingerprint density at radius 2 is 2.10 bits per heavy atom. The zero-order chi connectivity index (χ0) is 14.1. The first kappa shape index (κ1) is 12.8. The SMILES string of the molecule is Cc1ccc(C(=O)N2CCc3ncncc3C2)cc1C. The molecule has 0 fully saturated rings. The lowest BCUT2D eigenvalue weighted by Gasteiger charge is -2.28. The molecule has 0 aliphatic carbocycles. The van der Waals surface area contributed by atoms with E-state index in [1.165, 1.54) is 5.56 Å². The number of rotatable bonds is 1. The molecule has 0 radical (unpaired) electrons. The lowest BCUT2D eigenvalue weighted by Crippen LogP contribution is -2.36. The number of hydrogen-bond acceptors (Lipinski definition) is 3. The van der Waals surface area contributed by atoms with E-state index in [9.17, 15) is 4.79 Å². The Labute approximate surface area is 118 Å². The van der Waals surface area contributed by atoms with Crippen molar-refractivity contribution in [3.05, 3.63) is 58.7 Å². The van der Waals surface area contributed by atoms with Crippen molar-refractivity contribution in [1.82, 2.24) is 14.9 Å². The van der Waals surface area contributed by atoms with Gasteiger partial charge in [0.15, 0.2) is 0 Å². The van der Waals surface area contributed by atoms with Gasteiger partial charge in [-0.3, -0.25) is 4.79 Å². The van der Waals surface area contributed by atoms with Crippen LogP contribution in [-0.4, -0.2) is 27.3 Å². The van der Waals surface area contributed by atoms with Crippen LogP contribution in [0.5, 0.6) is 0 Å². The first-order chi connectivity index (χ1) is 9.65. The third-order valence-corrected chi connectivity index (χ3v) is 3.90. The van der Waals surface area contributed by atoms with Gasteiger partial charge in [-0.2, -0.15) is 0 Å². The van der Waals surface area contributed by atoms with Crippen LogP contribution in [0.4, 0.5) is 0 Å². The molecule has 4 heteroatoms. The highest BCUT2D eigenvalue weighted by Crippen LogP contribution is 2.19. The zero-order valence-corrected chi connectivity index (χ0v) is 11.8. The average molecular weight is 267 g/mol. The molecule has 0 saturated heterocycles. The summed E-state index contributed by atoms with van der Waals surface area (Å²) in [5, 5.41) is 0. The fraction of sp³-hybridized carbons (Fsp3) is 0.312. The van der Waals surface area contributed by atoms with Crippen molar-refractivity contribution >= 4 is 5.91 Å². The van der Waals surface area contributed by atoms with Gasteiger partial charge in [0.05, 0.1) is 5.69 Å². The van der Waals surface area contributed by atoms with E-state index in [0.29, 0.717) is 6.54 Å². The first-order valence-electron chi connectivity index (χ1n) is 6.79. The number of aromatic nitrogens is 2. The number of aryl methyl sites for hydroxylation is 2. The molecule has 1 aromatic carbocycles. The lowest BCUT2D eigenvalue weighted by atomic mass is 10.0. The number of hydrogen-bond donors (Lipinski definition) is 0. The number of fused-ring (bicyclic) bond motifs is 1. The molecule has 0 atom stereocenters. The quantitative estimate of drug-likeness (QED) is 0.796. The van der Waals surface area contributed by atoms with E-state index in [-0.39, 0.29) is 5.91 Å².